The van der Waals surface area contributed by atoms with Crippen LogP contribution >= 0.6 is 0 Å². The summed E-state index contributed by atoms with van der Waals surface area (Å²) in [6, 6.07) is -0.570. The molecule has 1 aromatic heterocycles. The fraction of sp³-hybridized carbons (Fsp3) is 0.667. The smallest absolute Gasteiger partial charge is 0.241 e. The quantitative estimate of drug-likeness (QED) is 0.723. The van der Waals surface area contributed by atoms with Crippen molar-refractivity contribution in [2.75, 3.05) is 19.6 Å². The van der Waals surface area contributed by atoms with Crippen LogP contribution in [0.5, 0.6) is 0 Å². The number of carbonyl (C=O) groups is 2. The van der Waals surface area contributed by atoms with Gasteiger partial charge in [0.2, 0.25) is 11.8 Å². The van der Waals surface area contributed by atoms with Crippen LogP contribution in [0.15, 0.2) is 12.4 Å². The van der Waals surface area contributed by atoms with Gasteiger partial charge in [-0.05, 0) is 30.2 Å². The highest BCUT2D eigenvalue weighted by molar-refractivity contribution is 5.87. The highest BCUT2D eigenvalue weighted by Crippen LogP contribution is 2.26. The van der Waals surface area contributed by atoms with Gasteiger partial charge < -0.3 is 16.0 Å². The van der Waals surface area contributed by atoms with Gasteiger partial charge in [-0.25, -0.2) is 0 Å². The minimum Gasteiger partial charge on any atom is -0.346 e. The Hall–Kier alpha value is -1.89. The number of aromatic nitrogens is 2. The van der Waals surface area contributed by atoms with E-state index in [4.69, 9.17) is 5.73 Å². The summed E-state index contributed by atoms with van der Waals surface area (Å²) >= 11 is 0. The van der Waals surface area contributed by atoms with E-state index in [2.05, 4.69) is 15.5 Å². The lowest BCUT2D eigenvalue weighted by Crippen LogP contribution is -2.49. The SMILES string of the molecule is CC(C)[C@H](N)C(=O)NCC(=O)N1CCC(c2cn[nH]c2)CC1. The molecule has 0 bridgehead atoms. The summed E-state index contributed by atoms with van der Waals surface area (Å²) in [7, 11) is 0. The first kappa shape index (κ1) is 16.5. The number of nitrogens with two attached hydrogens (primary N) is 1. The fourth-order valence-corrected chi connectivity index (χ4v) is 2.64. The normalized spacial score (nSPS) is 17.5. The van der Waals surface area contributed by atoms with Crippen molar-refractivity contribution in [3.63, 3.8) is 0 Å². The molecule has 1 aromatic rings. The number of piperidine rings is 1. The predicted molar refractivity (Wildman–Crippen MR) is 83.0 cm³/mol. The van der Waals surface area contributed by atoms with E-state index < -0.39 is 6.04 Å². The number of rotatable bonds is 5. The van der Waals surface area contributed by atoms with Crippen molar-refractivity contribution in [2.24, 2.45) is 11.7 Å². The maximum Gasteiger partial charge on any atom is 0.241 e. The minimum absolute atomic E-state index is 0.0234. The largest absolute Gasteiger partial charge is 0.346 e. The molecule has 1 atom stereocenters. The van der Waals surface area contributed by atoms with Gasteiger partial charge >= 0.3 is 0 Å². The summed E-state index contributed by atoms with van der Waals surface area (Å²) in [6.07, 6.45) is 5.60. The van der Waals surface area contributed by atoms with Gasteiger partial charge in [-0.2, -0.15) is 5.10 Å². The first-order chi connectivity index (χ1) is 10.5. The second-order valence-electron chi connectivity index (χ2n) is 6.17. The van der Waals surface area contributed by atoms with E-state index in [1.165, 1.54) is 5.56 Å². The molecule has 0 spiro atoms. The summed E-state index contributed by atoms with van der Waals surface area (Å²) in [5.41, 5.74) is 6.95. The van der Waals surface area contributed by atoms with Gasteiger partial charge in [0.25, 0.3) is 0 Å². The van der Waals surface area contributed by atoms with Gasteiger partial charge in [0.15, 0.2) is 0 Å². The van der Waals surface area contributed by atoms with E-state index in [0.717, 1.165) is 12.8 Å². The monoisotopic (exact) mass is 307 g/mol. The maximum absolute atomic E-state index is 12.1. The molecule has 2 heterocycles. The summed E-state index contributed by atoms with van der Waals surface area (Å²) in [6.45, 7) is 5.20. The van der Waals surface area contributed by atoms with E-state index in [9.17, 15) is 9.59 Å². The summed E-state index contributed by atoms with van der Waals surface area (Å²) in [5.74, 6) is 0.194. The molecule has 2 rings (SSSR count). The Morgan fingerprint density at radius 1 is 1.45 bits per heavy atom. The standard InChI is InChI=1S/C15H25N5O2/c1-10(2)14(16)15(22)17-9-13(21)20-5-3-11(4-6-20)12-7-18-19-8-12/h7-8,10-11,14H,3-6,9,16H2,1-2H3,(H,17,22)(H,18,19)/t14-/m0/s1. The maximum atomic E-state index is 12.1. The van der Waals surface area contributed by atoms with Gasteiger partial charge in [-0.1, -0.05) is 13.8 Å². The van der Waals surface area contributed by atoms with Crippen molar-refractivity contribution in [1.82, 2.24) is 20.4 Å². The van der Waals surface area contributed by atoms with Crippen molar-refractivity contribution in [1.29, 1.82) is 0 Å². The van der Waals surface area contributed by atoms with Crippen molar-refractivity contribution < 1.29 is 9.59 Å². The van der Waals surface area contributed by atoms with Crippen molar-refractivity contribution in [3.05, 3.63) is 18.0 Å². The minimum atomic E-state index is -0.570. The van der Waals surface area contributed by atoms with Crippen LogP contribution in [0.25, 0.3) is 0 Å². The molecule has 0 aromatic carbocycles. The van der Waals surface area contributed by atoms with Crippen LogP contribution in [-0.2, 0) is 9.59 Å². The van der Waals surface area contributed by atoms with Crippen molar-refractivity contribution in [2.45, 2.75) is 38.6 Å². The molecule has 0 radical (unpaired) electrons. The molecule has 0 aliphatic carbocycles. The molecule has 2 amide bonds. The first-order valence-electron chi connectivity index (χ1n) is 7.78. The van der Waals surface area contributed by atoms with E-state index >= 15 is 0 Å². The molecular weight excluding hydrogens is 282 g/mol. The number of likely N-dealkylation sites (tertiary alicyclic amines) is 1. The molecule has 0 unspecified atom stereocenters. The number of nitrogens with zero attached hydrogens (tertiary/aromatic N) is 2. The summed E-state index contributed by atoms with van der Waals surface area (Å²) < 4.78 is 0. The zero-order chi connectivity index (χ0) is 16.1. The van der Waals surface area contributed by atoms with Crippen molar-refractivity contribution >= 4 is 11.8 Å². The van der Waals surface area contributed by atoms with Gasteiger partial charge in [-0.15, -0.1) is 0 Å². The average molecular weight is 307 g/mol. The molecule has 1 saturated heterocycles. The Kier molecular flexibility index (Phi) is 5.54. The van der Waals surface area contributed by atoms with Crippen LogP contribution in [0.2, 0.25) is 0 Å². The van der Waals surface area contributed by atoms with E-state index in [1.54, 1.807) is 4.90 Å². The van der Waals surface area contributed by atoms with Crippen LogP contribution in [-0.4, -0.2) is 52.6 Å². The highest BCUT2D eigenvalue weighted by Gasteiger charge is 2.25. The lowest BCUT2D eigenvalue weighted by Gasteiger charge is -2.31. The number of aromatic amines is 1. The van der Waals surface area contributed by atoms with Crippen LogP contribution < -0.4 is 11.1 Å². The van der Waals surface area contributed by atoms with E-state index in [0.29, 0.717) is 19.0 Å². The third-order valence-electron chi connectivity index (χ3n) is 4.27. The second-order valence-corrected chi connectivity index (χ2v) is 6.17. The highest BCUT2D eigenvalue weighted by atomic mass is 16.2. The third kappa shape index (κ3) is 4.07. The fourth-order valence-electron chi connectivity index (χ4n) is 2.64. The Morgan fingerprint density at radius 2 is 2.14 bits per heavy atom. The number of nitrogens with one attached hydrogen (secondary N) is 2. The number of hydrogen-bond donors (Lipinski definition) is 3. The van der Waals surface area contributed by atoms with Gasteiger partial charge in [0.1, 0.15) is 0 Å². The Balaban J connectivity index is 1.74. The number of hydrogen-bond acceptors (Lipinski definition) is 4. The number of carbonyl (C=O) groups excluding carboxylic acids is 2. The van der Waals surface area contributed by atoms with Crippen LogP contribution in [0.4, 0.5) is 0 Å². The zero-order valence-corrected chi connectivity index (χ0v) is 13.2. The Morgan fingerprint density at radius 3 is 2.68 bits per heavy atom. The van der Waals surface area contributed by atoms with Crippen molar-refractivity contribution in [3.8, 4) is 0 Å². The Labute approximate surface area is 130 Å². The van der Waals surface area contributed by atoms with E-state index in [1.807, 2.05) is 26.2 Å². The van der Waals surface area contributed by atoms with Crippen LogP contribution in [0, 0.1) is 5.92 Å². The molecule has 7 nitrogen and oxygen atoms in total. The molecule has 22 heavy (non-hydrogen) atoms. The van der Waals surface area contributed by atoms with Gasteiger partial charge in [0.05, 0.1) is 18.8 Å². The van der Waals surface area contributed by atoms with Gasteiger partial charge in [0, 0.05) is 19.3 Å². The predicted octanol–water partition coefficient (Wildman–Crippen LogP) is 0.215. The number of amides is 2. The second kappa shape index (κ2) is 7.40. The van der Waals surface area contributed by atoms with Crippen LogP contribution in [0.1, 0.15) is 38.2 Å². The Bertz CT molecular complexity index is 492. The summed E-state index contributed by atoms with van der Waals surface area (Å²) in [5, 5.41) is 9.42. The molecule has 122 valence electrons. The number of H-pyrrole nitrogens is 1. The molecule has 1 fully saturated rings. The molecule has 1 aliphatic rings. The lowest BCUT2D eigenvalue weighted by atomic mass is 9.91. The molecule has 0 saturated carbocycles. The topological polar surface area (TPSA) is 104 Å². The molecule has 7 heteroatoms. The zero-order valence-electron chi connectivity index (χ0n) is 13.2. The van der Waals surface area contributed by atoms with E-state index in [-0.39, 0.29) is 24.3 Å². The third-order valence-corrected chi connectivity index (χ3v) is 4.27. The molecule has 1 aliphatic heterocycles. The first-order valence-corrected chi connectivity index (χ1v) is 7.78. The van der Waals surface area contributed by atoms with Gasteiger partial charge in [-0.3, -0.25) is 14.7 Å². The molecular formula is C15H25N5O2. The molecule has 4 N–H and O–H groups in total. The van der Waals surface area contributed by atoms with Crippen LogP contribution in [0.3, 0.4) is 0 Å². The average Bonchev–Trinajstić information content (AvgIpc) is 3.06. The summed E-state index contributed by atoms with van der Waals surface area (Å²) in [4.78, 5) is 25.7. The lowest BCUT2D eigenvalue weighted by molar-refractivity contribution is -0.134.